The standard InChI is InChI=1S/C20H25N5O2/c1-12(2)9-16(25-8-7-21-11-25)20-23-18(24-27-20)15-10-14-6-4-5-13(3)17(14)22-19(15)26/h7-8,10-13,16H,4-6,9H2,1-3H3,(H,22,26). The maximum Gasteiger partial charge on any atom is 0.259 e. The van der Waals surface area contributed by atoms with Crippen LogP contribution in [0, 0.1) is 5.92 Å². The van der Waals surface area contributed by atoms with Crippen LogP contribution in [0.25, 0.3) is 11.4 Å². The van der Waals surface area contributed by atoms with Gasteiger partial charge in [0.2, 0.25) is 11.7 Å². The third-order valence-electron chi connectivity index (χ3n) is 5.28. The molecule has 3 aromatic rings. The number of aromatic nitrogens is 5. The monoisotopic (exact) mass is 367 g/mol. The highest BCUT2D eigenvalue weighted by Gasteiger charge is 2.25. The third kappa shape index (κ3) is 3.46. The molecule has 142 valence electrons. The molecule has 0 fully saturated rings. The van der Waals surface area contributed by atoms with Gasteiger partial charge >= 0.3 is 0 Å². The summed E-state index contributed by atoms with van der Waals surface area (Å²) in [5.74, 6) is 1.68. The molecule has 1 aliphatic carbocycles. The zero-order valence-electron chi connectivity index (χ0n) is 16.0. The van der Waals surface area contributed by atoms with Crippen molar-refractivity contribution >= 4 is 0 Å². The number of hydrogen-bond donors (Lipinski definition) is 1. The van der Waals surface area contributed by atoms with Crippen LogP contribution in [-0.2, 0) is 6.42 Å². The minimum Gasteiger partial charge on any atom is -0.337 e. The molecule has 3 aromatic heterocycles. The second-order valence-corrected chi connectivity index (χ2v) is 7.86. The van der Waals surface area contributed by atoms with Gasteiger partial charge in [-0.05, 0) is 49.1 Å². The van der Waals surface area contributed by atoms with Crippen molar-refractivity contribution in [1.82, 2.24) is 24.7 Å². The van der Waals surface area contributed by atoms with Gasteiger partial charge in [-0.15, -0.1) is 0 Å². The normalized spacial score (nSPS) is 17.9. The van der Waals surface area contributed by atoms with Gasteiger partial charge in [-0.1, -0.05) is 25.9 Å². The fourth-order valence-corrected chi connectivity index (χ4v) is 3.87. The Balaban J connectivity index is 1.71. The highest BCUT2D eigenvalue weighted by atomic mass is 16.5. The van der Waals surface area contributed by atoms with Gasteiger partial charge < -0.3 is 14.1 Å². The SMILES string of the molecule is CC(C)CC(c1nc(-c2cc3c([nH]c2=O)C(C)CCC3)no1)n1ccnc1. The smallest absolute Gasteiger partial charge is 0.259 e. The van der Waals surface area contributed by atoms with E-state index in [1.807, 2.05) is 16.8 Å². The fraction of sp³-hybridized carbons (Fsp3) is 0.500. The summed E-state index contributed by atoms with van der Waals surface area (Å²) in [4.78, 5) is 24.4. The van der Waals surface area contributed by atoms with E-state index in [9.17, 15) is 4.79 Å². The number of nitrogens with zero attached hydrogens (tertiary/aromatic N) is 4. The minimum atomic E-state index is -0.155. The topological polar surface area (TPSA) is 89.6 Å². The molecule has 2 atom stereocenters. The summed E-state index contributed by atoms with van der Waals surface area (Å²) in [6, 6.07) is 1.85. The van der Waals surface area contributed by atoms with Crippen LogP contribution in [0.2, 0.25) is 0 Å². The van der Waals surface area contributed by atoms with E-state index in [0.29, 0.717) is 29.1 Å². The lowest BCUT2D eigenvalue weighted by Crippen LogP contribution is -2.19. The number of fused-ring (bicyclic) bond motifs is 1. The van der Waals surface area contributed by atoms with Crippen molar-refractivity contribution in [3.05, 3.63) is 52.3 Å². The highest BCUT2D eigenvalue weighted by Crippen LogP contribution is 2.31. The lowest BCUT2D eigenvalue weighted by atomic mass is 9.87. The average molecular weight is 367 g/mol. The average Bonchev–Trinajstić information content (AvgIpc) is 3.32. The van der Waals surface area contributed by atoms with E-state index >= 15 is 0 Å². The highest BCUT2D eigenvalue weighted by molar-refractivity contribution is 5.55. The first-order chi connectivity index (χ1) is 13.0. The molecule has 1 N–H and O–H groups in total. The second-order valence-electron chi connectivity index (χ2n) is 7.86. The van der Waals surface area contributed by atoms with Gasteiger partial charge in [0, 0.05) is 18.1 Å². The van der Waals surface area contributed by atoms with E-state index in [4.69, 9.17) is 4.52 Å². The Kier molecular flexibility index (Phi) is 4.68. The summed E-state index contributed by atoms with van der Waals surface area (Å²) >= 11 is 0. The lowest BCUT2D eigenvalue weighted by molar-refractivity contribution is 0.311. The van der Waals surface area contributed by atoms with Crippen LogP contribution in [0.3, 0.4) is 0 Å². The summed E-state index contributed by atoms with van der Waals surface area (Å²) in [7, 11) is 0. The molecule has 2 unspecified atom stereocenters. The van der Waals surface area contributed by atoms with Crippen LogP contribution in [0.15, 0.2) is 34.1 Å². The van der Waals surface area contributed by atoms with Crippen LogP contribution < -0.4 is 5.56 Å². The van der Waals surface area contributed by atoms with Crippen LogP contribution in [0.4, 0.5) is 0 Å². The van der Waals surface area contributed by atoms with E-state index in [1.165, 1.54) is 5.56 Å². The molecule has 3 heterocycles. The van der Waals surface area contributed by atoms with Crippen LogP contribution in [-0.4, -0.2) is 24.7 Å². The van der Waals surface area contributed by atoms with Gasteiger partial charge in [-0.3, -0.25) is 4.79 Å². The van der Waals surface area contributed by atoms with Crippen LogP contribution >= 0.6 is 0 Å². The third-order valence-corrected chi connectivity index (χ3v) is 5.28. The number of aromatic amines is 1. The quantitative estimate of drug-likeness (QED) is 0.743. The van der Waals surface area contributed by atoms with Crippen molar-refractivity contribution in [3.63, 3.8) is 0 Å². The zero-order valence-corrected chi connectivity index (χ0v) is 16.0. The van der Waals surface area contributed by atoms with Crippen molar-refractivity contribution in [2.75, 3.05) is 0 Å². The Bertz CT molecular complexity index is 971. The molecule has 7 heteroatoms. The molecule has 4 rings (SSSR count). The number of aryl methyl sites for hydroxylation is 1. The Morgan fingerprint density at radius 3 is 3.00 bits per heavy atom. The summed E-state index contributed by atoms with van der Waals surface area (Å²) in [6.45, 7) is 6.45. The molecule has 0 bridgehead atoms. The van der Waals surface area contributed by atoms with E-state index in [2.05, 4.69) is 40.9 Å². The zero-order chi connectivity index (χ0) is 19.0. The Morgan fingerprint density at radius 1 is 1.41 bits per heavy atom. The predicted molar refractivity (Wildman–Crippen MR) is 102 cm³/mol. The van der Waals surface area contributed by atoms with Crippen molar-refractivity contribution in [1.29, 1.82) is 0 Å². The second kappa shape index (κ2) is 7.13. The predicted octanol–water partition coefficient (Wildman–Crippen LogP) is 3.70. The van der Waals surface area contributed by atoms with Crippen molar-refractivity contribution < 1.29 is 4.52 Å². The Morgan fingerprint density at radius 2 is 2.26 bits per heavy atom. The molecular weight excluding hydrogens is 342 g/mol. The number of nitrogens with one attached hydrogen (secondary N) is 1. The van der Waals surface area contributed by atoms with E-state index in [0.717, 1.165) is 31.4 Å². The molecule has 0 spiro atoms. The van der Waals surface area contributed by atoms with Gasteiger partial charge in [-0.25, -0.2) is 4.98 Å². The van der Waals surface area contributed by atoms with E-state index in [-0.39, 0.29) is 11.6 Å². The van der Waals surface area contributed by atoms with E-state index in [1.54, 1.807) is 12.5 Å². The molecule has 0 amide bonds. The molecule has 0 aromatic carbocycles. The van der Waals surface area contributed by atoms with Gasteiger partial charge in [0.25, 0.3) is 5.56 Å². The first-order valence-corrected chi connectivity index (χ1v) is 9.60. The molecule has 0 saturated carbocycles. The summed E-state index contributed by atoms with van der Waals surface area (Å²) in [6.07, 6.45) is 9.44. The van der Waals surface area contributed by atoms with Crippen molar-refractivity contribution in [2.24, 2.45) is 5.92 Å². The summed E-state index contributed by atoms with van der Waals surface area (Å²) in [5, 5.41) is 4.11. The van der Waals surface area contributed by atoms with Crippen LogP contribution in [0.1, 0.15) is 69.1 Å². The van der Waals surface area contributed by atoms with Gasteiger partial charge in [0.15, 0.2) is 0 Å². The van der Waals surface area contributed by atoms with E-state index < -0.39 is 0 Å². The Hall–Kier alpha value is -2.70. The van der Waals surface area contributed by atoms with Crippen LogP contribution in [0.5, 0.6) is 0 Å². The molecule has 0 saturated heterocycles. The first-order valence-electron chi connectivity index (χ1n) is 9.60. The molecule has 0 radical (unpaired) electrons. The molecular formula is C20H25N5O2. The Labute approximate surface area is 157 Å². The number of H-pyrrole nitrogens is 1. The number of rotatable bonds is 5. The molecule has 7 nitrogen and oxygen atoms in total. The summed E-state index contributed by atoms with van der Waals surface area (Å²) < 4.78 is 7.53. The van der Waals surface area contributed by atoms with Gasteiger partial charge in [0.05, 0.1) is 11.9 Å². The minimum absolute atomic E-state index is 0.0921. The first kappa shape index (κ1) is 17.7. The van der Waals surface area contributed by atoms with Gasteiger partial charge in [0.1, 0.15) is 6.04 Å². The maximum atomic E-state index is 12.6. The maximum absolute atomic E-state index is 12.6. The molecule has 27 heavy (non-hydrogen) atoms. The largest absolute Gasteiger partial charge is 0.337 e. The fourth-order valence-electron chi connectivity index (χ4n) is 3.87. The number of pyridine rings is 1. The molecule has 1 aliphatic rings. The number of imidazole rings is 1. The lowest BCUT2D eigenvalue weighted by Gasteiger charge is -2.21. The summed E-state index contributed by atoms with van der Waals surface area (Å²) in [5.41, 5.74) is 2.56. The van der Waals surface area contributed by atoms with Gasteiger partial charge in [-0.2, -0.15) is 4.98 Å². The molecule has 0 aliphatic heterocycles. The van der Waals surface area contributed by atoms with Crippen molar-refractivity contribution in [3.8, 4) is 11.4 Å². The number of hydrogen-bond acceptors (Lipinski definition) is 5. The van der Waals surface area contributed by atoms with Crippen molar-refractivity contribution in [2.45, 2.75) is 58.4 Å².